The lowest BCUT2D eigenvalue weighted by Gasteiger charge is -2.53. The van der Waals surface area contributed by atoms with Crippen LogP contribution in [0.2, 0.25) is 0 Å². The van der Waals surface area contributed by atoms with Crippen LogP contribution in [0.3, 0.4) is 0 Å². The van der Waals surface area contributed by atoms with Crippen molar-refractivity contribution >= 4 is 11.6 Å². The molecule has 2 aliphatic rings. The fourth-order valence-corrected chi connectivity index (χ4v) is 3.93. The fraction of sp³-hybridized carbons (Fsp3) is 0.882. The standard InChI is InChI=1S/C17H31ClN2/c1-4-15(3)16-12-20(11-14(2)10-18)17(13-19-16)8-6-5-7-9-17/h10,15-16,19H,4-9,11-13H2,1-3H3. The van der Waals surface area contributed by atoms with Crippen molar-refractivity contribution in [2.75, 3.05) is 19.6 Å². The van der Waals surface area contributed by atoms with E-state index in [0.717, 1.165) is 19.0 Å². The minimum absolute atomic E-state index is 0.392. The second kappa shape index (κ2) is 7.29. The van der Waals surface area contributed by atoms with Crippen molar-refractivity contribution < 1.29 is 0 Å². The summed E-state index contributed by atoms with van der Waals surface area (Å²) in [5.74, 6) is 0.749. The van der Waals surface area contributed by atoms with Crippen LogP contribution in [0.4, 0.5) is 0 Å². The molecule has 0 aromatic heterocycles. The van der Waals surface area contributed by atoms with Crippen LogP contribution < -0.4 is 5.32 Å². The normalized spacial score (nSPS) is 29.6. The van der Waals surface area contributed by atoms with E-state index in [2.05, 4.69) is 31.0 Å². The molecule has 1 spiro atoms. The van der Waals surface area contributed by atoms with Crippen molar-refractivity contribution in [1.29, 1.82) is 0 Å². The fourth-order valence-electron chi connectivity index (χ4n) is 3.86. The van der Waals surface area contributed by atoms with E-state index in [9.17, 15) is 0 Å². The average Bonchev–Trinajstić information content (AvgIpc) is 2.49. The Morgan fingerprint density at radius 1 is 1.40 bits per heavy atom. The van der Waals surface area contributed by atoms with E-state index in [1.165, 1.54) is 50.6 Å². The Kier molecular flexibility index (Phi) is 5.95. The Hall–Kier alpha value is -0.0500. The summed E-state index contributed by atoms with van der Waals surface area (Å²) in [6, 6.07) is 0.635. The molecule has 0 aromatic rings. The van der Waals surface area contributed by atoms with Crippen LogP contribution in [0.15, 0.2) is 11.1 Å². The molecule has 1 saturated carbocycles. The van der Waals surface area contributed by atoms with E-state index < -0.39 is 0 Å². The van der Waals surface area contributed by atoms with Crippen molar-refractivity contribution in [2.24, 2.45) is 5.92 Å². The number of rotatable bonds is 4. The van der Waals surface area contributed by atoms with Gasteiger partial charge in [0.25, 0.3) is 0 Å². The first-order chi connectivity index (χ1) is 9.61. The van der Waals surface area contributed by atoms with Gasteiger partial charge in [0.05, 0.1) is 0 Å². The van der Waals surface area contributed by atoms with Gasteiger partial charge in [0.1, 0.15) is 0 Å². The number of hydrogen-bond acceptors (Lipinski definition) is 2. The van der Waals surface area contributed by atoms with Gasteiger partial charge in [-0.15, -0.1) is 0 Å². The first kappa shape index (κ1) is 16.3. The molecule has 3 heteroatoms. The SMILES string of the molecule is CCC(C)C1CN(CC(C)=CCl)C2(CCCCC2)CN1. The van der Waals surface area contributed by atoms with Crippen LogP contribution in [0.25, 0.3) is 0 Å². The van der Waals surface area contributed by atoms with Gasteiger partial charge in [-0.05, 0) is 31.3 Å². The van der Waals surface area contributed by atoms with E-state index in [1.807, 2.05) is 0 Å². The molecule has 1 saturated heterocycles. The summed E-state index contributed by atoms with van der Waals surface area (Å²) >= 11 is 5.92. The van der Waals surface area contributed by atoms with Crippen molar-refractivity contribution in [3.63, 3.8) is 0 Å². The van der Waals surface area contributed by atoms with Crippen LogP contribution >= 0.6 is 11.6 Å². The maximum atomic E-state index is 5.92. The first-order valence-corrected chi connectivity index (χ1v) is 8.79. The summed E-state index contributed by atoms with van der Waals surface area (Å²) < 4.78 is 0. The zero-order chi connectivity index (χ0) is 14.6. The largest absolute Gasteiger partial charge is 0.311 e. The van der Waals surface area contributed by atoms with E-state index in [-0.39, 0.29) is 0 Å². The highest BCUT2D eigenvalue weighted by atomic mass is 35.5. The number of piperazine rings is 1. The third-order valence-electron chi connectivity index (χ3n) is 5.52. The molecule has 2 unspecified atom stereocenters. The minimum atomic E-state index is 0.392. The zero-order valence-electron chi connectivity index (χ0n) is 13.4. The number of nitrogens with zero attached hydrogens (tertiary/aromatic N) is 1. The molecule has 0 bridgehead atoms. The molecule has 2 fully saturated rings. The monoisotopic (exact) mass is 298 g/mol. The molecule has 1 aliphatic heterocycles. The zero-order valence-corrected chi connectivity index (χ0v) is 14.2. The van der Waals surface area contributed by atoms with Gasteiger partial charge < -0.3 is 5.32 Å². The Bertz CT molecular complexity index is 334. The van der Waals surface area contributed by atoms with Gasteiger partial charge in [0, 0.05) is 36.8 Å². The Morgan fingerprint density at radius 3 is 2.70 bits per heavy atom. The van der Waals surface area contributed by atoms with Gasteiger partial charge in [-0.2, -0.15) is 0 Å². The highest BCUT2D eigenvalue weighted by Gasteiger charge is 2.42. The Labute approximate surface area is 129 Å². The molecule has 1 N–H and O–H groups in total. The van der Waals surface area contributed by atoms with E-state index in [0.29, 0.717) is 11.6 Å². The molecule has 2 atom stereocenters. The highest BCUT2D eigenvalue weighted by molar-refractivity contribution is 6.25. The Balaban J connectivity index is 2.11. The second-order valence-electron chi connectivity index (χ2n) is 6.99. The van der Waals surface area contributed by atoms with Crippen LogP contribution in [0, 0.1) is 5.92 Å². The molecular formula is C17H31ClN2. The van der Waals surface area contributed by atoms with Crippen molar-refractivity contribution in [3.8, 4) is 0 Å². The maximum absolute atomic E-state index is 5.92. The smallest absolute Gasteiger partial charge is 0.0338 e. The number of nitrogens with one attached hydrogen (secondary N) is 1. The summed E-state index contributed by atoms with van der Waals surface area (Å²) in [7, 11) is 0. The van der Waals surface area contributed by atoms with Crippen molar-refractivity contribution in [3.05, 3.63) is 11.1 Å². The predicted octanol–water partition coefficient (Wildman–Crippen LogP) is 4.15. The van der Waals surface area contributed by atoms with Crippen LogP contribution in [-0.4, -0.2) is 36.1 Å². The van der Waals surface area contributed by atoms with Crippen molar-refractivity contribution in [2.45, 2.75) is 70.9 Å². The quantitative estimate of drug-likeness (QED) is 0.839. The number of halogens is 1. The van der Waals surface area contributed by atoms with Crippen LogP contribution in [-0.2, 0) is 0 Å². The van der Waals surface area contributed by atoms with Crippen molar-refractivity contribution in [1.82, 2.24) is 10.2 Å². The third kappa shape index (κ3) is 3.58. The van der Waals surface area contributed by atoms with Gasteiger partial charge >= 0.3 is 0 Å². The summed E-state index contributed by atoms with van der Waals surface area (Å²) in [5.41, 5.74) is 3.45. The van der Waals surface area contributed by atoms with Gasteiger partial charge in [0.2, 0.25) is 0 Å². The van der Waals surface area contributed by atoms with E-state index in [1.54, 1.807) is 5.54 Å². The second-order valence-corrected chi connectivity index (χ2v) is 7.21. The minimum Gasteiger partial charge on any atom is -0.311 e. The molecule has 2 nitrogen and oxygen atoms in total. The predicted molar refractivity (Wildman–Crippen MR) is 88.2 cm³/mol. The lowest BCUT2D eigenvalue weighted by Crippen LogP contribution is -2.66. The molecular weight excluding hydrogens is 268 g/mol. The summed E-state index contributed by atoms with van der Waals surface area (Å²) in [5, 5.41) is 3.86. The molecule has 0 amide bonds. The van der Waals surface area contributed by atoms with E-state index in [4.69, 9.17) is 11.6 Å². The molecule has 0 aromatic carbocycles. The summed E-state index contributed by atoms with van der Waals surface area (Å²) in [6.45, 7) is 10.2. The topological polar surface area (TPSA) is 15.3 Å². The molecule has 1 aliphatic carbocycles. The average molecular weight is 299 g/mol. The Morgan fingerprint density at radius 2 is 2.10 bits per heavy atom. The van der Waals surface area contributed by atoms with E-state index >= 15 is 0 Å². The lowest BCUT2D eigenvalue weighted by atomic mass is 9.77. The highest BCUT2D eigenvalue weighted by Crippen LogP contribution is 2.36. The van der Waals surface area contributed by atoms with Gasteiger partial charge in [0.15, 0.2) is 0 Å². The molecule has 2 rings (SSSR count). The van der Waals surface area contributed by atoms with Crippen LogP contribution in [0.5, 0.6) is 0 Å². The summed E-state index contributed by atoms with van der Waals surface area (Å²) in [4.78, 5) is 2.74. The molecule has 20 heavy (non-hydrogen) atoms. The first-order valence-electron chi connectivity index (χ1n) is 8.35. The van der Waals surface area contributed by atoms with Crippen LogP contribution in [0.1, 0.15) is 59.3 Å². The molecule has 116 valence electrons. The molecule has 1 heterocycles. The van der Waals surface area contributed by atoms with Gasteiger partial charge in [-0.25, -0.2) is 0 Å². The van der Waals surface area contributed by atoms with Gasteiger partial charge in [-0.1, -0.05) is 51.1 Å². The number of hydrogen-bond donors (Lipinski definition) is 1. The lowest BCUT2D eigenvalue weighted by molar-refractivity contribution is 0.00755. The maximum Gasteiger partial charge on any atom is 0.0338 e. The van der Waals surface area contributed by atoms with Gasteiger partial charge in [-0.3, -0.25) is 4.90 Å². The molecule has 0 radical (unpaired) electrons. The summed E-state index contributed by atoms with van der Waals surface area (Å²) in [6.07, 6.45) is 8.13. The third-order valence-corrected chi connectivity index (χ3v) is 5.90.